The molecule has 1 saturated carbocycles. The fourth-order valence-corrected chi connectivity index (χ4v) is 4.53. The van der Waals surface area contributed by atoms with Crippen molar-refractivity contribution in [2.24, 2.45) is 5.73 Å². The number of carbonyl (C=O) groups is 4. The Labute approximate surface area is 177 Å². The normalized spacial score (nSPS) is 23.6. The minimum atomic E-state index is -0.812. The van der Waals surface area contributed by atoms with Crippen molar-refractivity contribution in [2.45, 2.75) is 69.4 Å². The Morgan fingerprint density at radius 1 is 1.14 bits per heavy atom. The van der Waals surface area contributed by atoms with Gasteiger partial charge in [-0.2, -0.15) is 0 Å². The lowest BCUT2D eigenvalue weighted by Crippen LogP contribution is -2.53. The summed E-state index contributed by atoms with van der Waals surface area (Å²) in [6, 6.07) is -0.586. The predicted molar refractivity (Wildman–Crippen MR) is 109 cm³/mol. The standard InChI is InChI=1S/C19H31N5O4.ClH/c20-10-7-15(25)21-12-14-6-2-5-11-23(14)16(26)13-24-17(27)19(22-18(24)28)8-3-1-4-9-19;/h14H,1-13,20H2,(H,21,25)(H,22,28);1H. The first-order chi connectivity index (χ1) is 13.5. The van der Waals surface area contributed by atoms with Crippen LogP contribution in [-0.4, -0.2) is 71.3 Å². The first-order valence-electron chi connectivity index (χ1n) is 10.4. The van der Waals surface area contributed by atoms with Crippen molar-refractivity contribution in [2.75, 3.05) is 26.2 Å². The lowest BCUT2D eigenvalue weighted by molar-refractivity contribution is -0.141. The van der Waals surface area contributed by atoms with E-state index in [4.69, 9.17) is 5.73 Å². The zero-order chi connectivity index (χ0) is 20.1. The molecule has 0 radical (unpaired) electrons. The summed E-state index contributed by atoms with van der Waals surface area (Å²) in [4.78, 5) is 52.7. The van der Waals surface area contributed by atoms with Gasteiger partial charge in [-0.3, -0.25) is 19.3 Å². The molecule has 0 aromatic rings. The predicted octanol–water partition coefficient (Wildman–Crippen LogP) is 0.509. The molecule has 3 aliphatic rings. The van der Waals surface area contributed by atoms with Crippen LogP contribution in [0, 0.1) is 0 Å². The smallest absolute Gasteiger partial charge is 0.325 e. The third kappa shape index (κ3) is 5.19. The summed E-state index contributed by atoms with van der Waals surface area (Å²) in [7, 11) is 0. The SMILES string of the molecule is Cl.NCCC(=O)NCC1CCCCN1C(=O)CN1C(=O)NC2(CCCCC2)C1=O. The van der Waals surface area contributed by atoms with Gasteiger partial charge in [-0.05, 0) is 32.1 Å². The number of nitrogens with zero attached hydrogens (tertiary/aromatic N) is 2. The molecular weight excluding hydrogens is 398 g/mol. The van der Waals surface area contributed by atoms with Crippen molar-refractivity contribution in [3.8, 4) is 0 Å². The van der Waals surface area contributed by atoms with Crippen LogP contribution < -0.4 is 16.4 Å². The second kappa shape index (κ2) is 10.2. The quantitative estimate of drug-likeness (QED) is 0.530. The average molecular weight is 430 g/mol. The largest absolute Gasteiger partial charge is 0.354 e. The van der Waals surface area contributed by atoms with Crippen LogP contribution in [0.4, 0.5) is 4.79 Å². The van der Waals surface area contributed by atoms with Crippen molar-refractivity contribution in [3.63, 3.8) is 0 Å². The van der Waals surface area contributed by atoms with Crippen molar-refractivity contribution in [3.05, 3.63) is 0 Å². The van der Waals surface area contributed by atoms with E-state index in [-0.39, 0.29) is 55.7 Å². The molecule has 4 N–H and O–H groups in total. The molecule has 2 heterocycles. The summed E-state index contributed by atoms with van der Waals surface area (Å²) in [6.45, 7) is 0.993. The van der Waals surface area contributed by atoms with Crippen molar-refractivity contribution >= 4 is 36.2 Å². The van der Waals surface area contributed by atoms with Crippen LogP contribution in [0.2, 0.25) is 0 Å². The second-order valence-electron chi connectivity index (χ2n) is 8.04. The lowest BCUT2D eigenvalue weighted by Gasteiger charge is -2.36. The van der Waals surface area contributed by atoms with Crippen LogP contribution in [0.25, 0.3) is 0 Å². The van der Waals surface area contributed by atoms with Crippen LogP contribution >= 0.6 is 12.4 Å². The second-order valence-corrected chi connectivity index (χ2v) is 8.04. The van der Waals surface area contributed by atoms with Gasteiger partial charge in [-0.1, -0.05) is 19.3 Å². The van der Waals surface area contributed by atoms with E-state index in [0.29, 0.717) is 25.9 Å². The van der Waals surface area contributed by atoms with E-state index in [1.807, 2.05) is 0 Å². The highest BCUT2D eigenvalue weighted by molar-refractivity contribution is 6.09. The molecule has 29 heavy (non-hydrogen) atoms. The van der Waals surface area contributed by atoms with Gasteiger partial charge in [0.05, 0.1) is 0 Å². The molecule has 0 bridgehead atoms. The van der Waals surface area contributed by atoms with E-state index in [1.54, 1.807) is 4.90 Å². The number of imide groups is 1. The van der Waals surface area contributed by atoms with E-state index < -0.39 is 11.6 Å². The average Bonchev–Trinajstić information content (AvgIpc) is 2.91. The van der Waals surface area contributed by atoms with Gasteiger partial charge in [0, 0.05) is 32.1 Å². The van der Waals surface area contributed by atoms with Crippen molar-refractivity contribution < 1.29 is 19.2 Å². The Bertz CT molecular complexity index is 638. The molecule has 1 spiro atoms. The summed E-state index contributed by atoms with van der Waals surface area (Å²) >= 11 is 0. The monoisotopic (exact) mass is 429 g/mol. The Kier molecular flexibility index (Phi) is 8.27. The van der Waals surface area contributed by atoms with Crippen molar-refractivity contribution in [1.29, 1.82) is 0 Å². The van der Waals surface area contributed by atoms with Crippen LogP contribution in [0.1, 0.15) is 57.8 Å². The van der Waals surface area contributed by atoms with E-state index in [2.05, 4.69) is 10.6 Å². The van der Waals surface area contributed by atoms with Gasteiger partial charge in [0.25, 0.3) is 5.91 Å². The van der Waals surface area contributed by atoms with Gasteiger partial charge in [0.15, 0.2) is 0 Å². The molecule has 5 amide bonds. The number of carbonyl (C=O) groups excluding carboxylic acids is 4. The minimum Gasteiger partial charge on any atom is -0.354 e. The minimum absolute atomic E-state index is 0. The number of piperidine rings is 1. The van der Waals surface area contributed by atoms with Crippen LogP contribution in [0.3, 0.4) is 0 Å². The van der Waals surface area contributed by atoms with Gasteiger partial charge < -0.3 is 21.3 Å². The molecule has 1 unspecified atom stereocenters. The number of nitrogens with two attached hydrogens (primary N) is 1. The van der Waals surface area contributed by atoms with E-state index in [9.17, 15) is 19.2 Å². The molecule has 164 valence electrons. The molecule has 3 rings (SSSR count). The first kappa shape index (κ1) is 23.4. The Morgan fingerprint density at radius 2 is 1.86 bits per heavy atom. The summed E-state index contributed by atoms with van der Waals surface area (Å²) in [6.07, 6.45) is 7.06. The molecule has 2 aliphatic heterocycles. The number of urea groups is 1. The first-order valence-corrected chi connectivity index (χ1v) is 10.4. The number of likely N-dealkylation sites (tertiary alicyclic amines) is 1. The van der Waals surface area contributed by atoms with Gasteiger partial charge in [-0.25, -0.2) is 4.79 Å². The van der Waals surface area contributed by atoms with Crippen LogP contribution in [0.15, 0.2) is 0 Å². The molecule has 3 fully saturated rings. The maximum Gasteiger partial charge on any atom is 0.325 e. The molecule has 10 heteroatoms. The lowest BCUT2D eigenvalue weighted by atomic mass is 9.82. The van der Waals surface area contributed by atoms with Gasteiger partial charge in [-0.15, -0.1) is 12.4 Å². The van der Waals surface area contributed by atoms with Crippen molar-refractivity contribution in [1.82, 2.24) is 20.4 Å². The Balaban J connectivity index is 0.00000300. The third-order valence-electron chi connectivity index (χ3n) is 6.10. The van der Waals surface area contributed by atoms with E-state index in [0.717, 1.165) is 43.4 Å². The highest BCUT2D eigenvalue weighted by Crippen LogP contribution is 2.33. The number of hydrogen-bond donors (Lipinski definition) is 3. The Hall–Kier alpha value is -1.87. The number of nitrogens with one attached hydrogen (secondary N) is 2. The summed E-state index contributed by atoms with van der Waals surface area (Å²) in [5.41, 5.74) is 4.58. The molecule has 0 aromatic heterocycles. The molecule has 1 aliphatic carbocycles. The zero-order valence-corrected chi connectivity index (χ0v) is 17.6. The fraction of sp³-hybridized carbons (Fsp3) is 0.789. The van der Waals surface area contributed by atoms with E-state index in [1.165, 1.54) is 0 Å². The maximum absolute atomic E-state index is 12.9. The number of amides is 5. The number of rotatable bonds is 6. The fourth-order valence-electron chi connectivity index (χ4n) is 4.53. The highest BCUT2D eigenvalue weighted by atomic mass is 35.5. The summed E-state index contributed by atoms with van der Waals surface area (Å²) < 4.78 is 0. The molecule has 0 aromatic carbocycles. The number of hydrogen-bond acceptors (Lipinski definition) is 5. The molecule has 1 atom stereocenters. The Morgan fingerprint density at radius 3 is 2.55 bits per heavy atom. The maximum atomic E-state index is 12.9. The van der Waals surface area contributed by atoms with Gasteiger partial charge in [0.2, 0.25) is 11.8 Å². The van der Waals surface area contributed by atoms with Crippen LogP contribution in [-0.2, 0) is 14.4 Å². The summed E-state index contributed by atoms with van der Waals surface area (Å²) in [5.74, 6) is -0.640. The molecule has 9 nitrogen and oxygen atoms in total. The van der Waals surface area contributed by atoms with Crippen LogP contribution in [0.5, 0.6) is 0 Å². The highest BCUT2D eigenvalue weighted by Gasteiger charge is 2.52. The zero-order valence-electron chi connectivity index (χ0n) is 16.8. The van der Waals surface area contributed by atoms with Gasteiger partial charge in [0.1, 0.15) is 12.1 Å². The topological polar surface area (TPSA) is 125 Å². The third-order valence-corrected chi connectivity index (χ3v) is 6.10. The van der Waals surface area contributed by atoms with Gasteiger partial charge >= 0.3 is 6.03 Å². The number of halogens is 1. The van der Waals surface area contributed by atoms with E-state index >= 15 is 0 Å². The molecular formula is C19H32ClN5O4. The molecule has 2 saturated heterocycles. The summed E-state index contributed by atoms with van der Waals surface area (Å²) in [5, 5.41) is 5.66.